The molecule has 13 atom stereocenters. The summed E-state index contributed by atoms with van der Waals surface area (Å²) in [6, 6.07) is -2.20. The van der Waals surface area contributed by atoms with Gasteiger partial charge in [-0.25, -0.2) is 24.1 Å². The lowest BCUT2D eigenvalue weighted by Crippen LogP contribution is -2.70. The van der Waals surface area contributed by atoms with Crippen LogP contribution in [-0.4, -0.2) is 126 Å². The Hall–Kier alpha value is -2.73. The number of aliphatic hydroxyl groups is 1. The van der Waals surface area contributed by atoms with Crippen LogP contribution < -0.4 is 27.8 Å². The predicted molar refractivity (Wildman–Crippen MR) is 145 cm³/mol. The van der Waals surface area contributed by atoms with E-state index in [2.05, 4.69) is 30.6 Å². The van der Waals surface area contributed by atoms with Crippen molar-refractivity contribution in [3.8, 4) is 0 Å². The number of fused-ring (bicyclic) bond motifs is 6. The highest BCUT2D eigenvalue weighted by atomic mass is 31.2. The minimum atomic E-state index is -5.01. The third-order valence-electron chi connectivity index (χ3n) is 7.88. The van der Waals surface area contributed by atoms with Gasteiger partial charge in [0.15, 0.2) is 30.0 Å². The van der Waals surface area contributed by atoms with Crippen LogP contribution in [0.15, 0.2) is 17.6 Å². The highest BCUT2D eigenvalue weighted by molar-refractivity contribution is 7.47. The fourth-order valence-corrected chi connectivity index (χ4v) is 7.64. The maximum Gasteiger partial charge on any atom is 0.472 e. The summed E-state index contributed by atoms with van der Waals surface area (Å²) in [6.07, 6.45) is -8.25. The number of nitrogen functional groups attached to an aromatic ring is 1. The molecule has 5 aliphatic heterocycles. The van der Waals surface area contributed by atoms with Gasteiger partial charge >= 0.3 is 15.6 Å². The second-order valence-corrected chi connectivity index (χ2v) is 13.5. The number of anilines is 1. The van der Waals surface area contributed by atoms with E-state index in [0.717, 1.165) is 0 Å². The molecule has 2 aromatic rings. The lowest BCUT2D eigenvalue weighted by atomic mass is 10.1. The smallest absolute Gasteiger partial charge is 0.387 e. The zero-order valence-electron chi connectivity index (χ0n) is 22.8. The van der Waals surface area contributed by atoms with Crippen molar-refractivity contribution in [3.05, 3.63) is 12.7 Å². The number of imidazole rings is 1. The van der Waals surface area contributed by atoms with Crippen LogP contribution in [0.25, 0.3) is 11.2 Å². The summed E-state index contributed by atoms with van der Waals surface area (Å²) in [5, 5.41) is 16.5. The van der Waals surface area contributed by atoms with Gasteiger partial charge in [-0.15, -0.1) is 0 Å². The number of phosphoric acid groups is 2. The zero-order valence-corrected chi connectivity index (χ0v) is 24.6. The van der Waals surface area contributed by atoms with Gasteiger partial charge in [0.1, 0.15) is 54.8 Å². The Kier molecular flexibility index (Phi) is 7.70. The van der Waals surface area contributed by atoms with E-state index in [0.29, 0.717) is 0 Å². The number of nitrogens with one attached hydrogen (secondary N) is 2. The van der Waals surface area contributed by atoms with Crippen molar-refractivity contribution >= 4 is 44.9 Å². The third kappa shape index (κ3) is 5.53. The van der Waals surface area contributed by atoms with Crippen LogP contribution >= 0.6 is 15.6 Å². The molecular weight excluding hydrogens is 648 g/mol. The van der Waals surface area contributed by atoms with Crippen LogP contribution in [0.3, 0.4) is 0 Å². The first-order valence-electron chi connectivity index (χ1n) is 13.4. The van der Waals surface area contributed by atoms with E-state index in [1.54, 1.807) is 0 Å². The number of phosphoric ester groups is 2. The summed E-state index contributed by atoms with van der Waals surface area (Å²) in [5.74, 6) is -0.447. The number of hydrogen-bond acceptors (Lipinski definition) is 19. The molecule has 4 saturated heterocycles. The van der Waals surface area contributed by atoms with E-state index in [4.69, 9.17) is 44.8 Å². The fraction of sp³-hybridized carbons (Fsp3) is 0.650. The number of carbonyl (C=O) groups is 1. The van der Waals surface area contributed by atoms with Crippen molar-refractivity contribution in [3.63, 3.8) is 0 Å². The lowest BCUT2D eigenvalue weighted by molar-refractivity contribution is -0.130. The number of rotatable bonds is 2. The van der Waals surface area contributed by atoms with Gasteiger partial charge in [-0.1, -0.05) is 0 Å². The van der Waals surface area contributed by atoms with Gasteiger partial charge in [-0.2, -0.15) is 0 Å². The number of aliphatic hydroxyl groups excluding tert-OH is 1. The second-order valence-electron chi connectivity index (χ2n) is 10.7. The Morgan fingerprint density at radius 3 is 2.42 bits per heavy atom. The molecule has 45 heavy (non-hydrogen) atoms. The number of aliphatic imine (C=N–C) groups is 1. The molecule has 0 aliphatic carbocycles. The van der Waals surface area contributed by atoms with Gasteiger partial charge in [-0.3, -0.25) is 43.5 Å². The minimum absolute atomic E-state index is 0.0549. The number of hydrogen-bond donors (Lipinski definition) is 8. The quantitative estimate of drug-likeness (QED) is 0.139. The number of nitrogens with two attached hydrogens (primary N) is 3. The molecule has 246 valence electrons. The standard InChI is InChI=1S/C20H29N11O12P2/c21-8-6-1-38-45(36,37)43-13-11(32)7(41-19(13)31-5-27-10-16(31)28-20(23)29-17(10)33)2-39-44(34,35)42-12(8)18(40-6)30-4-26-9-14(22)24-3-25-15(9)30/h3-8,10-13,16,18-20,28,32H,1-2,21,23H2,(H,29,33)(H,34,35)(H,36,37)(H2,22,24,25)/t6-,7-,8-,10?,11-,12-,13-,16?,18-,19+,20?/m1/s1. The molecule has 5 unspecified atom stereocenters. The molecule has 0 saturated carbocycles. The second kappa shape index (κ2) is 11.2. The molecule has 5 aliphatic rings. The first kappa shape index (κ1) is 30.9. The van der Waals surface area contributed by atoms with Crippen molar-refractivity contribution in [1.82, 2.24) is 35.1 Å². The molecular formula is C20H29N11O12P2. The molecule has 0 radical (unpaired) electrons. The largest absolute Gasteiger partial charge is 0.472 e. The molecule has 23 nitrogen and oxygen atoms in total. The number of ether oxygens (including phenoxy) is 2. The Morgan fingerprint density at radius 2 is 1.67 bits per heavy atom. The Bertz CT molecular complexity index is 1620. The van der Waals surface area contributed by atoms with Crippen LogP contribution in [0.5, 0.6) is 0 Å². The number of amides is 1. The molecule has 0 spiro atoms. The van der Waals surface area contributed by atoms with Gasteiger partial charge in [0.05, 0.1) is 31.9 Å². The Balaban J connectivity index is 1.18. The highest BCUT2D eigenvalue weighted by Crippen LogP contribution is 2.52. The summed E-state index contributed by atoms with van der Waals surface area (Å²) in [5.41, 5.74) is 18.4. The molecule has 25 heteroatoms. The van der Waals surface area contributed by atoms with E-state index >= 15 is 0 Å². The molecule has 4 bridgehead atoms. The SMILES string of the molecule is Nc1ncnc2c1ncn2[C@@H]1O[C@@H]2COP(=O)(O)O[C@@H]3[C@H](O)[C@@H](COP(=O)(O)O[C@@H]1[C@@H]2N)O[C@@H]3N1C=NC2C(=O)NC(N)NC21. The van der Waals surface area contributed by atoms with Crippen LogP contribution in [0, 0.1) is 0 Å². The van der Waals surface area contributed by atoms with Gasteiger partial charge in [-0.05, 0) is 0 Å². The molecule has 7 rings (SSSR count). The minimum Gasteiger partial charge on any atom is -0.387 e. The average Bonchev–Trinajstić information content (AvgIpc) is 3.72. The summed E-state index contributed by atoms with van der Waals surface area (Å²) >= 11 is 0. The van der Waals surface area contributed by atoms with E-state index in [-0.39, 0.29) is 17.0 Å². The van der Waals surface area contributed by atoms with Crippen LogP contribution in [0.2, 0.25) is 0 Å². The van der Waals surface area contributed by atoms with Crippen LogP contribution in [0.1, 0.15) is 6.23 Å². The molecule has 0 aromatic carbocycles. The van der Waals surface area contributed by atoms with E-state index in [9.17, 15) is 28.8 Å². The van der Waals surface area contributed by atoms with Gasteiger partial charge < -0.3 is 46.1 Å². The number of aromatic nitrogens is 4. The summed E-state index contributed by atoms with van der Waals surface area (Å²) in [6.45, 7) is -1.43. The topological polar surface area (TPSA) is 329 Å². The monoisotopic (exact) mass is 677 g/mol. The molecule has 2 aromatic heterocycles. The normalized spacial score (nSPS) is 45.4. The molecule has 1 amide bonds. The van der Waals surface area contributed by atoms with Crippen molar-refractivity contribution in [2.45, 2.75) is 67.5 Å². The van der Waals surface area contributed by atoms with Crippen molar-refractivity contribution in [2.75, 3.05) is 18.9 Å². The van der Waals surface area contributed by atoms with Crippen LogP contribution in [0.4, 0.5) is 5.82 Å². The Morgan fingerprint density at radius 1 is 0.978 bits per heavy atom. The first-order valence-corrected chi connectivity index (χ1v) is 16.4. The average molecular weight is 677 g/mol. The number of carbonyl (C=O) groups excluding carboxylic acids is 1. The number of nitrogens with zero attached hydrogens (tertiary/aromatic N) is 6. The van der Waals surface area contributed by atoms with Gasteiger partial charge in [0.25, 0.3) is 5.91 Å². The maximum absolute atomic E-state index is 13.2. The fourth-order valence-electron chi connectivity index (χ4n) is 5.76. The van der Waals surface area contributed by atoms with E-state index in [1.165, 1.54) is 28.5 Å². The molecule has 4 fully saturated rings. The lowest BCUT2D eigenvalue weighted by Gasteiger charge is -2.39. The van der Waals surface area contributed by atoms with Crippen molar-refractivity contribution in [1.29, 1.82) is 0 Å². The predicted octanol–water partition coefficient (Wildman–Crippen LogP) is -4.26. The molecule has 7 heterocycles. The van der Waals surface area contributed by atoms with Crippen molar-refractivity contribution < 1.29 is 56.4 Å². The van der Waals surface area contributed by atoms with Gasteiger partial charge in [0.2, 0.25) is 0 Å². The van der Waals surface area contributed by atoms with Gasteiger partial charge in [0, 0.05) is 0 Å². The van der Waals surface area contributed by atoms with Crippen LogP contribution in [-0.2, 0) is 41.5 Å². The summed E-state index contributed by atoms with van der Waals surface area (Å²) < 4.78 is 60.9. The van der Waals surface area contributed by atoms with Crippen molar-refractivity contribution in [2.24, 2.45) is 16.5 Å². The first-order chi connectivity index (χ1) is 21.3. The third-order valence-corrected chi connectivity index (χ3v) is 9.85. The summed E-state index contributed by atoms with van der Waals surface area (Å²) in [7, 11) is -9.98. The molecule has 11 N–H and O–H groups in total. The Labute approximate surface area is 252 Å². The maximum atomic E-state index is 13.2. The summed E-state index contributed by atoms with van der Waals surface area (Å²) in [4.78, 5) is 51.4. The van der Waals surface area contributed by atoms with E-state index in [1.807, 2.05) is 0 Å². The van der Waals surface area contributed by atoms with E-state index < -0.39 is 102 Å². The highest BCUT2D eigenvalue weighted by Gasteiger charge is 2.56. The zero-order chi connectivity index (χ0) is 31.8.